The Balaban J connectivity index is 0.000001000. The summed E-state index contributed by atoms with van der Waals surface area (Å²) in [5.41, 5.74) is 5.51. The van der Waals surface area contributed by atoms with Gasteiger partial charge in [-0.15, -0.1) is 12.4 Å². The lowest BCUT2D eigenvalue weighted by Crippen LogP contribution is -2.44. The van der Waals surface area contributed by atoms with Crippen LogP contribution in [0.15, 0.2) is 0 Å². The number of primary sulfonamides is 1. The van der Waals surface area contributed by atoms with Gasteiger partial charge in [0.15, 0.2) is 0 Å². The summed E-state index contributed by atoms with van der Waals surface area (Å²) in [6, 6.07) is 0.0540. The van der Waals surface area contributed by atoms with Gasteiger partial charge in [-0.25, -0.2) is 13.6 Å². The number of hydrogen-bond acceptors (Lipinski definition) is 3. The minimum atomic E-state index is -3.30. The monoisotopic (exact) mass is 200 g/mol. The second kappa shape index (κ2) is 3.71. The van der Waals surface area contributed by atoms with Crippen molar-refractivity contribution in [2.24, 2.45) is 16.8 Å². The van der Waals surface area contributed by atoms with Gasteiger partial charge in [-0.2, -0.15) is 0 Å². The van der Waals surface area contributed by atoms with Crippen molar-refractivity contribution in [3.05, 3.63) is 0 Å². The van der Waals surface area contributed by atoms with Gasteiger partial charge >= 0.3 is 0 Å². The van der Waals surface area contributed by atoms with E-state index in [-0.39, 0.29) is 30.1 Å². The van der Waals surface area contributed by atoms with E-state index in [1.54, 1.807) is 0 Å². The average molecular weight is 201 g/mol. The van der Waals surface area contributed by atoms with Gasteiger partial charge in [0.2, 0.25) is 10.0 Å². The van der Waals surface area contributed by atoms with E-state index in [1.165, 1.54) is 0 Å². The first-order valence-electron chi connectivity index (χ1n) is 3.25. The molecular formula is C5H13ClN2O2S. The van der Waals surface area contributed by atoms with Crippen LogP contribution < -0.4 is 10.9 Å². The second-order valence-electron chi connectivity index (χ2n) is 2.83. The molecule has 2 atom stereocenters. The number of rotatable bonds is 2. The molecule has 0 aromatic heterocycles. The van der Waals surface area contributed by atoms with E-state index in [0.717, 1.165) is 12.8 Å². The maximum Gasteiger partial charge on any atom is 0.209 e. The molecular weight excluding hydrogens is 188 g/mol. The Hall–Kier alpha value is 0.160. The van der Waals surface area contributed by atoms with Gasteiger partial charge in [0.1, 0.15) is 0 Å². The summed E-state index contributed by atoms with van der Waals surface area (Å²) in [7, 11) is -3.30. The Bertz CT molecular complexity index is 217. The SMILES string of the molecule is Cl.N[C@@H]1CC[C@H]1CS(N)(=O)=O. The Morgan fingerprint density at radius 1 is 1.36 bits per heavy atom. The number of hydrogen-bond donors (Lipinski definition) is 2. The number of halogens is 1. The standard InChI is InChI=1S/C5H12N2O2S.ClH/c6-5-2-1-4(5)3-10(7,8)9;/h4-5H,1-3,6H2,(H2,7,8,9);1H/t4-,5+;/m0./s1. The van der Waals surface area contributed by atoms with Crippen molar-refractivity contribution in [2.45, 2.75) is 18.9 Å². The predicted molar refractivity (Wildman–Crippen MR) is 45.9 cm³/mol. The quantitative estimate of drug-likeness (QED) is 0.626. The van der Waals surface area contributed by atoms with Crippen molar-refractivity contribution in [1.82, 2.24) is 0 Å². The molecule has 6 heteroatoms. The van der Waals surface area contributed by atoms with E-state index < -0.39 is 10.0 Å². The fourth-order valence-electron chi connectivity index (χ4n) is 1.10. The average Bonchev–Trinajstić information content (AvgIpc) is 1.78. The molecule has 0 aromatic carbocycles. The number of nitrogens with two attached hydrogens (primary N) is 2. The Morgan fingerprint density at radius 3 is 2.00 bits per heavy atom. The van der Waals surface area contributed by atoms with Crippen LogP contribution >= 0.6 is 12.4 Å². The molecule has 68 valence electrons. The molecule has 1 aliphatic rings. The predicted octanol–water partition coefficient (Wildman–Crippen LogP) is -0.566. The zero-order valence-electron chi connectivity index (χ0n) is 6.06. The first kappa shape index (κ1) is 11.2. The Labute approximate surface area is 72.8 Å². The summed E-state index contributed by atoms with van der Waals surface area (Å²) in [5.74, 6) is 0.156. The third-order valence-corrected chi connectivity index (χ3v) is 2.82. The largest absolute Gasteiger partial charge is 0.327 e. The highest BCUT2D eigenvalue weighted by molar-refractivity contribution is 7.89. The summed E-state index contributed by atoms with van der Waals surface area (Å²) >= 11 is 0. The van der Waals surface area contributed by atoms with Gasteiger partial charge in [0.25, 0.3) is 0 Å². The second-order valence-corrected chi connectivity index (χ2v) is 4.49. The van der Waals surface area contributed by atoms with Crippen molar-refractivity contribution < 1.29 is 8.42 Å². The summed E-state index contributed by atoms with van der Waals surface area (Å²) in [5, 5.41) is 4.82. The Morgan fingerprint density at radius 2 is 1.91 bits per heavy atom. The van der Waals surface area contributed by atoms with Crippen LogP contribution in [0.1, 0.15) is 12.8 Å². The highest BCUT2D eigenvalue weighted by atomic mass is 35.5. The van der Waals surface area contributed by atoms with Crippen LogP contribution in [0.2, 0.25) is 0 Å². The van der Waals surface area contributed by atoms with Crippen molar-refractivity contribution >= 4 is 22.4 Å². The fraction of sp³-hybridized carbons (Fsp3) is 1.00. The van der Waals surface area contributed by atoms with Crippen LogP contribution in [-0.4, -0.2) is 20.2 Å². The third kappa shape index (κ3) is 3.37. The maximum atomic E-state index is 10.5. The van der Waals surface area contributed by atoms with E-state index >= 15 is 0 Å². The van der Waals surface area contributed by atoms with Gasteiger partial charge in [0, 0.05) is 6.04 Å². The van der Waals surface area contributed by atoms with Crippen molar-refractivity contribution in [3.63, 3.8) is 0 Å². The number of sulfonamides is 1. The zero-order valence-corrected chi connectivity index (χ0v) is 7.70. The smallest absolute Gasteiger partial charge is 0.209 e. The van der Waals surface area contributed by atoms with Gasteiger partial charge in [0.05, 0.1) is 5.75 Å². The molecule has 0 heterocycles. The molecule has 11 heavy (non-hydrogen) atoms. The maximum absolute atomic E-state index is 10.5. The van der Waals surface area contributed by atoms with Crippen LogP contribution in [0.4, 0.5) is 0 Å². The molecule has 0 saturated heterocycles. The van der Waals surface area contributed by atoms with Crippen LogP contribution in [0.3, 0.4) is 0 Å². The summed E-state index contributed by atoms with van der Waals surface area (Å²) in [6.45, 7) is 0. The van der Waals surface area contributed by atoms with Crippen LogP contribution in [0, 0.1) is 5.92 Å². The van der Waals surface area contributed by atoms with Crippen LogP contribution in [0.25, 0.3) is 0 Å². The van der Waals surface area contributed by atoms with Crippen LogP contribution in [0.5, 0.6) is 0 Å². The summed E-state index contributed by atoms with van der Waals surface area (Å²) in [6.07, 6.45) is 1.83. The molecule has 1 saturated carbocycles. The molecule has 0 radical (unpaired) electrons. The van der Waals surface area contributed by atoms with E-state index in [2.05, 4.69) is 0 Å². The minimum Gasteiger partial charge on any atom is -0.327 e. The molecule has 1 rings (SSSR count). The molecule has 0 unspecified atom stereocenters. The van der Waals surface area contributed by atoms with Crippen molar-refractivity contribution in [3.8, 4) is 0 Å². The lowest BCUT2D eigenvalue weighted by molar-refractivity contribution is 0.284. The van der Waals surface area contributed by atoms with E-state index in [9.17, 15) is 8.42 Å². The first-order chi connectivity index (χ1) is 4.49. The normalized spacial score (nSPS) is 30.4. The molecule has 1 aliphatic carbocycles. The summed E-state index contributed by atoms with van der Waals surface area (Å²) in [4.78, 5) is 0. The van der Waals surface area contributed by atoms with Crippen molar-refractivity contribution in [2.75, 3.05) is 5.75 Å². The van der Waals surface area contributed by atoms with Gasteiger partial charge in [-0.3, -0.25) is 0 Å². The van der Waals surface area contributed by atoms with E-state index in [0.29, 0.717) is 0 Å². The highest BCUT2D eigenvalue weighted by Crippen LogP contribution is 2.25. The van der Waals surface area contributed by atoms with Gasteiger partial charge in [-0.05, 0) is 18.8 Å². The summed E-state index contributed by atoms with van der Waals surface area (Å²) < 4.78 is 21.0. The molecule has 1 fully saturated rings. The van der Waals surface area contributed by atoms with Gasteiger partial charge in [-0.1, -0.05) is 0 Å². The van der Waals surface area contributed by atoms with Crippen molar-refractivity contribution in [1.29, 1.82) is 0 Å². The van der Waals surface area contributed by atoms with E-state index in [4.69, 9.17) is 10.9 Å². The third-order valence-electron chi connectivity index (χ3n) is 1.92. The molecule has 0 spiro atoms. The van der Waals surface area contributed by atoms with Gasteiger partial charge < -0.3 is 5.73 Å². The Kier molecular flexibility index (Phi) is 3.76. The molecule has 0 amide bonds. The van der Waals surface area contributed by atoms with E-state index in [1.807, 2.05) is 0 Å². The molecule has 4 N–H and O–H groups in total. The lowest BCUT2D eigenvalue weighted by atomic mass is 9.82. The molecule has 0 bridgehead atoms. The zero-order chi connectivity index (χ0) is 7.78. The first-order valence-corrected chi connectivity index (χ1v) is 4.96. The minimum absolute atomic E-state index is 0. The molecule has 4 nitrogen and oxygen atoms in total. The topological polar surface area (TPSA) is 86.2 Å². The lowest BCUT2D eigenvalue weighted by Gasteiger charge is -2.32. The van der Waals surface area contributed by atoms with Crippen LogP contribution in [-0.2, 0) is 10.0 Å². The fourth-order valence-corrected chi connectivity index (χ4v) is 2.11. The molecule has 0 aromatic rings. The molecule has 0 aliphatic heterocycles. The highest BCUT2D eigenvalue weighted by Gasteiger charge is 2.30.